The van der Waals surface area contributed by atoms with Crippen molar-refractivity contribution < 1.29 is 12.9 Å². The van der Waals surface area contributed by atoms with Crippen molar-refractivity contribution in [3.8, 4) is 0 Å². The predicted octanol–water partition coefficient (Wildman–Crippen LogP) is 2.15. The minimum atomic E-state index is -3.52. The highest BCUT2D eigenvalue weighted by Gasteiger charge is 2.35. The van der Waals surface area contributed by atoms with Crippen LogP contribution in [0.3, 0.4) is 0 Å². The average molecular weight is 272 g/mol. The lowest BCUT2D eigenvalue weighted by molar-refractivity contribution is 0.372. The number of nitrogens with one attached hydrogen (secondary N) is 1. The molecule has 0 amide bonds. The number of nitrogens with zero attached hydrogens (tertiary/aromatic N) is 1. The second-order valence-electron chi connectivity index (χ2n) is 5.88. The van der Waals surface area contributed by atoms with Gasteiger partial charge in [0, 0.05) is 6.04 Å². The molecule has 0 saturated heterocycles. The minimum absolute atomic E-state index is 0.0127. The first-order valence-electron chi connectivity index (χ1n) is 6.16. The quantitative estimate of drug-likeness (QED) is 0.915. The Bertz CT molecular complexity index is 526. The molecule has 1 aliphatic carbocycles. The van der Waals surface area contributed by atoms with Gasteiger partial charge in [0.2, 0.25) is 10.0 Å². The number of rotatable bonds is 3. The van der Waals surface area contributed by atoms with Crippen molar-refractivity contribution in [3.63, 3.8) is 0 Å². The molecule has 6 heteroatoms. The normalized spacial score (nSPS) is 23.4. The van der Waals surface area contributed by atoms with Gasteiger partial charge < -0.3 is 4.52 Å². The molecule has 1 fully saturated rings. The lowest BCUT2D eigenvalue weighted by atomic mass is 9.92. The van der Waals surface area contributed by atoms with E-state index < -0.39 is 10.0 Å². The largest absolute Gasteiger partial charge is 0.360 e. The molecule has 1 saturated carbocycles. The highest BCUT2D eigenvalue weighted by Crippen LogP contribution is 2.37. The van der Waals surface area contributed by atoms with Crippen LogP contribution >= 0.6 is 0 Å². The van der Waals surface area contributed by atoms with Crippen molar-refractivity contribution in [2.24, 2.45) is 5.41 Å². The highest BCUT2D eigenvalue weighted by atomic mass is 32.2. The molecule has 0 bridgehead atoms. The van der Waals surface area contributed by atoms with Gasteiger partial charge in [-0.25, -0.2) is 13.1 Å². The van der Waals surface area contributed by atoms with Crippen LogP contribution in [0, 0.1) is 19.3 Å². The van der Waals surface area contributed by atoms with Crippen LogP contribution in [0.2, 0.25) is 0 Å². The van der Waals surface area contributed by atoms with Gasteiger partial charge in [0.25, 0.3) is 0 Å². The third kappa shape index (κ3) is 2.59. The standard InChI is InChI=1S/C12H20N2O3S/c1-8-11(9(2)17-13-8)18(15,16)14-10-5-6-12(3,4)7-10/h10,14H,5-7H2,1-4H3. The molecule has 0 radical (unpaired) electrons. The van der Waals surface area contributed by atoms with Crippen LogP contribution in [0.4, 0.5) is 0 Å². The lowest BCUT2D eigenvalue weighted by Gasteiger charge is -2.17. The van der Waals surface area contributed by atoms with Gasteiger partial charge in [-0.15, -0.1) is 0 Å². The summed E-state index contributed by atoms with van der Waals surface area (Å²) in [5.74, 6) is 0.345. The molecule has 1 N–H and O–H groups in total. The topological polar surface area (TPSA) is 72.2 Å². The maximum Gasteiger partial charge on any atom is 0.246 e. The van der Waals surface area contributed by atoms with E-state index in [0.717, 1.165) is 19.3 Å². The number of aromatic nitrogens is 1. The molecule has 1 heterocycles. The van der Waals surface area contributed by atoms with Crippen LogP contribution in [-0.2, 0) is 10.0 Å². The minimum Gasteiger partial charge on any atom is -0.360 e. The van der Waals surface area contributed by atoms with E-state index >= 15 is 0 Å². The summed E-state index contributed by atoms with van der Waals surface area (Å²) in [5.41, 5.74) is 0.628. The van der Waals surface area contributed by atoms with Crippen LogP contribution in [0.5, 0.6) is 0 Å². The van der Waals surface area contributed by atoms with Crippen molar-refractivity contribution in [1.29, 1.82) is 0 Å². The molecule has 1 aromatic heterocycles. The molecule has 1 aromatic rings. The summed E-state index contributed by atoms with van der Waals surface area (Å²) in [6.07, 6.45) is 2.80. The Morgan fingerprint density at radius 1 is 1.39 bits per heavy atom. The summed E-state index contributed by atoms with van der Waals surface area (Å²) in [7, 11) is -3.52. The van der Waals surface area contributed by atoms with E-state index in [1.807, 2.05) is 0 Å². The summed E-state index contributed by atoms with van der Waals surface area (Å²) in [6, 6.07) is 0.0127. The monoisotopic (exact) mass is 272 g/mol. The molecule has 1 unspecified atom stereocenters. The zero-order valence-corrected chi connectivity index (χ0v) is 12.1. The summed E-state index contributed by atoms with van der Waals surface area (Å²) in [4.78, 5) is 0.187. The fourth-order valence-electron chi connectivity index (χ4n) is 2.67. The average Bonchev–Trinajstić information content (AvgIpc) is 2.69. The lowest BCUT2D eigenvalue weighted by Crippen LogP contribution is -2.34. The van der Waals surface area contributed by atoms with E-state index in [2.05, 4.69) is 23.7 Å². The van der Waals surface area contributed by atoms with Gasteiger partial charge in [-0.05, 0) is 38.5 Å². The van der Waals surface area contributed by atoms with Crippen molar-refractivity contribution >= 4 is 10.0 Å². The van der Waals surface area contributed by atoms with Gasteiger partial charge in [0.15, 0.2) is 5.76 Å². The van der Waals surface area contributed by atoms with Crippen molar-refractivity contribution in [2.45, 2.75) is 57.9 Å². The Kier molecular flexibility index (Phi) is 3.27. The second kappa shape index (κ2) is 4.35. The molecule has 0 spiro atoms. The zero-order valence-electron chi connectivity index (χ0n) is 11.3. The van der Waals surface area contributed by atoms with Crippen molar-refractivity contribution in [3.05, 3.63) is 11.5 Å². The van der Waals surface area contributed by atoms with Crippen LogP contribution < -0.4 is 4.72 Å². The third-order valence-electron chi connectivity index (χ3n) is 3.53. The number of sulfonamides is 1. The fourth-order valence-corrected chi connectivity index (χ4v) is 4.27. The number of hydrogen-bond donors (Lipinski definition) is 1. The smallest absolute Gasteiger partial charge is 0.246 e. The van der Waals surface area contributed by atoms with Crippen LogP contribution in [0.15, 0.2) is 9.42 Å². The SMILES string of the molecule is Cc1noc(C)c1S(=O)(=O)NC1CCC(C)(C)C1. The van der Waals surface area contributed by atoms with Gasteiger partial charge in [0.05, 0.1) is 0 Å². The first kappa shape index (κ1) is 13.5. The van der Waals surface area contributed by atoms with Crippen LogP contribution in [0.1, 0.15) is 44.6 Å². The second-order valence-corrected chi connectivity index (χ2v) is 7.53. The van der Waals surface area contributed by atoms with Crippen LogP contribution in [-0.4, -0.2) is 19.6 Å². The highest BCUT2D eigenvalue weighted by molar-refractivity contribution is 7.89. The van der Waals surface area contributed by atoms with Gasteiger partial charge in [0.1, 0.15) is 10.6 Å². The Hall–Kier alpha value is -0.880. The van der Waals surface area contributed by atoms with E-state index in [9.17, 15) is 8.42 Å². The molecule has 5 nitrogen and oxygen atoms in total. The Labute approximate surface area is 108 Å². The van der Waals surface area contributed by atoms with Gasteiger partial charge in [-0.3, -0.25) is 0 Å². The molecule has 18 heavy (non-hydrogen) atoms. The molecule has 2 rings (SSSR count). The Morgan fingerprint density at radius 2 is 2.06 bits per heavy atom. The van der Waals surface area contributed by atoms with Gasteiger partial charge in [-0.2, -0.15) is 0 Å². The zero-order chi connectivity index (χ0) is 13.6. The molecule has 1 aliphatic rings. The molecule has 0 aliphatic heterocycles. The predicted molar refractivity (Wildman–Crippen MR) is 67.7 cm³/mol. The van der Waals surface area contributed by atoms with E-state index in [-0.39, 0.29) is 16.4 Å². The molecular weight excluding hydrogens is 252 g/mol. The molecule has 1 atom stereocenters. The van der Waals surface area contributed by atoms with Gasteiger partial charge >= 0.3 is 0 Å². The van der Waals surface area contributed by atoms with E-state index in [1.54, 1.807) is 13.8 Å². The maximum absolute atomic E-state index is 12.3. The van der Waals surface area contributed by atoms with Crippen molar-refractivity contribution in [1.82, 2.24) is 9.88 Å². The summed E-state index contributed by atoms with van der Waals surface area (Å²) in [5, 5.41) is 3.69. The fraction of sp³-hybridized carbons (Fsp3) is 0.750. The first-order chi connectivity index (χ1) is 8.21. The molecular formula is C12H20N2O3S. The number of hydrogen-bond acceptors (Lipinski definition) is 4. The summed E-state index contributed by atoms with van der Waals surface area (Å²) in [6.45, 7) is 7.59. The van der Waals surface area contributed by atoms with Gasteiger partial charge in [-0.1, -0.05) is 19.0 Å². The summed E-state index contributed by atoms with van der Waals surface area (Å²) < 4.78 is 32.3. The van der Waals surface area contributed by atoms with E-state index in [1.165, 1.54) is 0 Å². The maximum atomic E-state index is 12.3. The summed E-state index contributed by atoms with van der Waals surface area (Å²) >= 11 is 0. The Balaban J connectivity index is 2.19. The Morgan fingerprint density at radius 3 is 2.50 bits per heavy atom. The molecule has 0 aromatic carbocycles. The van der Waals surface area contributed by atoms with Crippen molar-refractivity contribution in [2.75, 3.05) is 0 Å². The molecule has 102 valence electrons. The third-order valence-corrected chi connectivity index (χ3v) is 5.29. The number of aryl methyl sites for hydroxylation is 2. The van der Waals surface area contributed by atoms with Crippen LogP contribution in [0.25, 0.3) is 0 Å². The van der Waals surface area contributed by atoms with E-state index in [0.29, 0.717) is 11.5 Å². The van der Waals surface area contributed by atoms with E-state index in [4.69, 9.17) is 4.52 Å². The first-order valence-corrected chi connectivity index (χ1v) is 7.65.